The van der Waals surface area contributed by atoms with Gasteiger partial charge in [0.25, 0.3) is 0 Å². The molecule has 106 valence electrons. The molecular formula is C15H23BrN2O. The number of nitrogens with zero attached hydrogens (tertiary/aromatic N) is 2. The van der Waals surface area contributed by atoms with Crippen molar-refractivity contribution in [2.75, 3.05) is 0 Å². The second-order valence-electron chi connectivity index (χ2n) is 5.74. The van der Waals surface area contributed by atoms with Crippen molar-refractivity contribution < 1.29 is 4.79 Å². The number of carbonyl (C=O) groups excluding carboxylic acids is 1. The molecule has 0 atom stereocenters. The van der Waals surface area contributed by atoms with Crippen molar-refractivity contribution in [3.05, 3.63) is 15.9 Å². The lowest BCUT2D eigenvalue weighted by molar-refractivity contribution is -0.127. The Hall–Kier alpha value is -0.640. The monoisotopic (exact) mass is 326 g/mol. The van der Waals surface area contributed by atoms with E-state index in [1.165, 1.54) is 12.8 Å². The van der Waals surface area contributed by atoms with Crippen LogP contribution >= 0.6 is 15.9 Å². The highest BCUT2D eigenvalue weighted by molar-refractivity contribution is 9.10. The zero-order valence-corrected chi connectivity index (χ0v) is 13.7. The quantitative estimate of drug-likeness (QED) is 0.821. The summed E-state index contributed by atoms with van der Waals surface area (Å²) in [7, 11) is 0. The van der Waals surface area contributed by atoms with E-state index in [0.29, 0.717) is 12.2 Å². The fraction of sp³-hybridized carbons (Fsp3) is 0.733. The van der Waals surface area contributed by atoms with Crippen molar-refractivity contribution in [1.29, 1.82) is 0 Å². The lowest BCUT2D eigenvalue weighted by Crippen LogP contribution is -2.27. The molecule has 0 bridgehead atoms. The minimum absolute atomic E-state index is 0.103. The maximum Gasteiger partial charge on any atom is 0.144 e. The molecule has 0 radical (unpaired) electrons. The number of hydrogen-bond donors (Lipinski definition) is 0. The summed E-state index contributed by atoms with van der Waals surface area (Å²) in [4.78, 5) is 12.6. The average Bonchev–Trinajstić information content (AvgIpc) is 2.96. The van der Waals surface area contributed by atoms with Crippen molar-refractivity contribution in [2.24, 2.45) is 5.41 Å². The highest BCUT2D eigenvalue weighted by atomic mass is 79.9. The van der Waals surface area contributed by atoms with Gasteiger partial charge in [-0.3, -0.25) is 9.48 Å². The fourth-order valence-corrected chi connectivity index (χ4v) is 3.69. The molecule has 0 aromatic carbocycles. The smallest absolute Gasteiger partial charge is 0.144 e. The first-order chi connectivity index (χ1) is 9.01. The Morgan fingerprint density at radius 1 is 1.37 bits per heavy atom. The lowest BCUT2D eigenvalue weighted by atomic mass is 9.82. The maximum absolute atomic E-state index is 12.6. The molecule has 1 fully saturated rings. The number of ketones is 1. The number of carbonyl (C=O) groups is 1. The topological polar surface area (TPSA) is 34.9 Å². The third-order valence-electron chi connectivity index (χ3n) is 4.40. The summed E-state index contributed by atoms with van der Waals surface area (Å²) in [5.41, 5.74) is 2.01. The van der Waals surface area contributed by atoms with Crippen molar-refractivity contribution in [2.45, 2.75) is 65.8 Å². The molecule has 1 saturated carbocycles. The van der Waals surface area contributed by atoms with Crippen LogP contribution in [0.1, 0.15) is 57.8 Å². The Morgan fingerprint density at radius 2 is 2.00 bits per heavy atom. The largest absolute Gasteiger partial charge is 0.299 e. The molecule has 0 N–H and O–H groups in total. The number of aromatic nitrogens is 2. The average molecular weight is 327 g/mol. The van der Waals surface area contributed by atoms with E-state index >= 15 is 0 Å². The zero-order chi connectivity index (χ0) is 14.0. The maximum atomic E-state index is 12.6. The molecule has 0 amide bonds. The SMILES string of the molecule is CCc1nn(CC)c(CC(=O)C2(C)CCCC2)c1Br. The second kappa shape index (κ2) is 5.78. The summed E-state index contributed by atoms with van der Waals surface area (Å²) in [6.07, 6.45) is 5.88. The highest BCUT2D eigenvalue weighted by Crippen LogP contribution is 2.39. The van der Waals surface area contributed by atoms with E-state index in [4.69, 9.17) is 0 Å². The summed E-state index contributed by atoms with van der Waals surface area (Å²) in [5.74, 6) is 0.378. The molecule has 4 heteroatoms. The summed E-state index contributed by atoms with van der Waals surface area (Å²) in [5, 5.41) is 4.57. The van der Waals surface area contributed by atoms with E-state index in [1.54, 1.807) is 0 Å². The van der Waals surface area contributed by atoms with Gasteiger partial charge in [0, 0.05) is 12.0 Å². The lowest BCUT2D eigenvalue weighted by Gasteiger charge is -2.21. The number of aryl methyl sites for hydroxylation is 2. The van der Waals surface area contributed by atoms with E-state index < -0.39 is 0 Å². The first-order valence-electron chi connectivity index (χ1n) is 7.29. The van der Waals surface area contributed by atoms with Crippen LogP contribution in [0.5, 0.6) is 0 Å². The van der Waals surface area contributed by atoms with E-state index in [1.807, 2.05) is 4.68 Å². The highest BCUT2D eigenvalue weighted by Gasteiger charge is 2.36. The third-order valence-corrected chi connectivity index (χ3v) is 5.32. The fourth-order valence-electron chi connectivity index (χ4n) is 2.99. The first-order valence-corrected chi connectivity index (χ1v) is 8.08. The van der Waals surface area contributed by atoms with Gasteiger partial charge < -0.3 is 0 Å². The van der Waals surface area contributed by atoms with Crippen molar-refractivity contribution in [1.82, 2.24) is 9.78 Å². The van der Waals surface area contributed by atoms with Gasteiger partial charge in [-0.2, -0.15) is 5.10 Å². The summed E-state index contributed by atoms with van der Waals surface area (Å²) in [6.45, 7) is 7.11. The van der Waals surface area contributed by atoms with Crippen LogP contribution in [0.3, 0.4) is 0 Å². The molecule has 3 nitrogen and oxygen atoms in total. The van der Waals surface area contributed by atoms with Gasteiger partial charge >= 0.3 is 0 Å². The molecule has 1 aliphatic carbocycles. The van der Waals surface area contributed by atoms with Crippen LogP contribution in [0.25, 0.3) is 0 Å². The van der Waals surface area contributed by atoms with Crippen LogP contribution in [0, 0.1) is 5.41 Å². The number of Topliss-reactive ketones (excluding diaryl/α,β-unsaturated/α-hetero) is 1. The summed E-state index contributed by atoms with van der Waals surface area (Å²) < 4.78 is 3.01. The second-order valence-corrected chi connectivity index (χ2v) is 6.54. The molecule has 2 rings (SSSR count). The third kappa shape index (κ3) is 2.78. The van der Waals surface area contributed by atoms with Crippen molar-refractivity contribution >= 4 is 21.7 Å². The normalized spacial score (nSPS) is 17.9. The van der Waals surface area contributed by atoms with Gasteiger partial charge in [-0.25, -0.2) is 0 Å². The Morgan fingerprint density at radius 3 is 2.53 bits per heavy atom. The van der Waals surface area contributed by atoms with E-state index in [-0.39, 0.29) is 5.41 Å². The molecule has 0 aliphatic heterocycles. The Bertz CT molecular complexity index is 473. The van der Waals surface area contributed by atoms with E-state index in [2.05, 4.69) is 41.8 Å². The molecule has 0 spiro atoms. The first kappa shape index (κ1) is 14.8. The number of halogens is 1. The molecule has 1 heterocycles. The van der Waals surface area contributed by atoms with Crippen LogP contribution in [0.2, 0.25) is 0 Å². The molecule has 0 unspecified atom stereocenters. The van der Waals surface area contributed by atoms with Crippen LogP contribution in [0.15, 0.2) is 4.47 Å². The Balaban J connectivity index is 2.23. The Kier molecular flexibility index (Phi) is 4.49. The number of hydrogen-bond acceptors (Lipinski definition) is 2. The van der Waals surface area contributed by atoms with Crippen LogP contribution in [-0.2, 0) is 24.2 Å². The van der Waals surface area contributed by atoms with Gasteiger partial charge in [-0.15, -0.1) is 0 Å². The molecule has 1 aromatic rings. The number of rotatable bonds is 5. The summed E-state index contributed by atoms with van der Waals surface area (Å²) in [6, 6.07) is 0. The Labute approximate surface area is 123 Å². The minimum Gasteiger partial charge on any atom is -0.299 e. The van der Waals surface area contributed by atoms with Gasteiger partial charge in [0.1, 0.15) is 5.78 Å². The van der Waals surface area contributed by atoms with Gasteiger partial charge in [0.15, 0.2) is 0 Å². The molecular weight excluding hydrogens is 304 g/mol. The van der Waals surface area contributed by atoms with Gasteiger partial charge in [0.05, 0.1) is 22.3 Å². The zero-order valence-electron chi connectivity index (χ0n) is 12.1. The van der Waals surface area contributed by atoms with Gasteiger partial charge in [-0.1, -0.05) is 26.7 Å². The van der Waals surface area contributed by atoms with E-state index in [0.717, 1.165) is 41.7 Å². The molecule has 0 saturated heterocycles. The molecule has 1 aliphatic rings. The molecule has 19 heavy (non-hydrogen) atoms. The predicted octanol–water partition coefficient (Wildman–Crippen LogP) is 3.92. The van der Waals surface area contributed by atoms with Crippen LogP contribution in [-0.4, -0.2) is 15.6 Å². The van der Waals surface area contributed by atoms with Crippen molar-refractivity contribution in [3.8, 4) is 0 Å². The van der Waals surface area contributed by atoms with Gasteiger partial charge in [0.2, 0.25) is 0 Å². The van der Waals surface area contributed by atoms with Crippen molar-refractivity contribution in [3.63, 3.8) is 0 Å². The predicted molar refractivity (Wildman–Crippen MR) is 80.3 cm³/mol. The standard InChI is InChI=1S/C15H23BrN2O/c1-4-11-14(16)12(18(5-2)17-11)10-13(19)15(3)8-6-7-9-15/h4-10H2,1-3H3. The van der Waals surface area contributed by atoms with Crippen LogP contribution in [0.4, 0.5) is 0 Å². The minimum atomic E-state index is -0.103. The van der Waals surface area contributed by atoms with Gasteiger partial charge in [-0.05, 0) is 42.1 Å². The molecule has 1 aromatic heterocycles. The summed E-state index contributed by atoms with van der Waals surface area (Å²) >= 11 is 3.62. The van der Waals surface area contributed by atoms with Crippen LogP contribution < -0.4 is 0 Å². The van der Waals surface area contributed by atoms with E-state index in [9.17, 15) is 4.79 Å².